The van der Waals surface area contributed by atoms with Gasteiger partial charge in [0.2, 0.25) is 0 Å². The average Bonchev–Trinajstić information content (AvgIpc) is 2.45. The Kier molecular flexibility index (Phi) is 40.3. The van der Waals surface area contributed by atoms with E-state index in [4.69, 9.17) is 10.2 Å². The van der Waals surface area contributed by atoms with E-state index in [0.29, 0.717) is 12.8 Å². The first-order valence-corrected chi connectivity index (χ1v) is 9.82. The molecule has 0 aliphatic carbocycles. The molecule has 0 fully saturated rings. The van der Waals surface area contributed by atoms with Gasteiger partial charge in [0.15, 0.2) is 0 Å². The van der Waals surface area contributed by atoms with Crippen molar-refractivity contribution >= 4 is 40.9 Å². The van der Waals surface area contributed by atoms with E-state index in [2.05, 4.69) is 0 Å². The van der Waals surface area contributed by atoms with Crippen molar-refractivity contribution in [1.29, 1.82) is 0 Å². The summed E-state index contributed by atoms with van der Waals surface area (Å²) in [6.45, 7) is 15.6. The minimum absolute atomic E-state index is 0. The summed E-state index contributed by atoms with van der Waals surface area (Å²) in [6.07, 6.45) is -0.491. The zero-order valence-electron chi connectivity index (χ0n) is 20.6. The Morgan fingerprint density at radius 2 is 0.742 bits per heavy atom. The maximum atomic E-state index is 10.4. The van der Waals surface area contributed by atoms with E-state index in [-0.39, 0.29) is 28.9 Å². The molecule has 9 nitrogen and oxygen atoms in total. The standard InChI is InChI=1S/2C6H10O3.3C3H7O.Al/c2*1-3-5(4(2)7)6(8)9;3*1-3(2)4;/h2*5H,3H2,1-2H3,(H,8,9);3*3H,1-2H3;/q;;3*-1;+3. The van der Waals surface area contributed by atoms with Gasteiger partial charge >= 0.3 is 29.3 Å². The third-order valence-corrected chi connectivity index (χ3v) is 2.39. The molecule has 0 amide bonds. The van der Waals surface area contributed by atoms with Crippen LogP contribution in [0.4, 0.5) is 0 Å². The Morgan fingerprint density at radius 1 is 0.613 bits per heavy atom. The Bertz CT molecular complexity index is 368. The molecule has 0 rings (SSSR count). The molecule has 2 atom stereocenters. The van der Waals surface area contributed by atoms with Gasteiger partial charge in [0.1, 0.15) is 23.4 Å². The Balaban J connectivity index is -0.0000000663. The van der Waals surface area contributed by atoms with Crippen molar-refractivity contribution in [3.63, 3.8) is 0 Å². The number of carbonyl (C=O) groups excluding carboxylic acids is 2. The molecule has 0 aromatic heterocycles. The molecule has 0 radical (unpaired) electrons. The second-order valence-electron chi connectivity index (χ2n) is 6.97. The molecule has 0 aliphatic heterocycles. The topological polar surface area (TPSA) is 178 Å². The van der Waals surface area contributed by atoms with Crippen LogP contribution in [0.3, 0.4) is 0 Å². The van der Waals surface area contributed by atoms with Gasteiger partial charge in [0, 0.05) is 0 Å². The van der Waals surface area contributed by atoms with Gasteiger partial charge in [-0.2, -0.15) is 0 Å². The van der Waals surface area contributed by atoms with Gasteiger partial charge in [-0.3, -0.25) is 19.2 Å². The first kappa shape index (κ1) is 43.5. The molecular weight excluding hydrogens is 423 g/mol. The Morgan fingerprint density at radius 3 is 0.742 bits per heavy atom. The van der Waals surface area contributed by atoms with Crippen LogP contribution in [0.5, 0.6) is 0 Å². The molecule has 31 heavy (non-hydrogen) atoms. The third kappa shape index (κ3) is 58.5. The van der Waals surface area contributed by atoms with Crippen LogP contribution in [-0.4, -0.2) is 69.4 Å². The molecule has 0 aromatic carbocycles. The second-order valence-corrected chi connectivity index (χ2v) is 6.97. The molecule has 0 bridgehead atoms. The maximum Gasteiger partial charge on any atom is 3.00 e. The van der Waals surface area contributed by atoms with Crippen molar-refractivity contribution in [1.82, 2.24) is 0 Å². The summed E-state index contributed by atoms with van der Waals surface area (Å²) in [5.41, 5.74) is 0. The van der Waals surface area contributed by atoms with Crippen LogP contribution in [-0.2, 0) is 19.2 Å². The van der Waals surface area contributed by atoms with E-state index in [1.54, 1.807) is 55.4 Å². The van der Waals surface area contributed by atoms with Crippen molar-refractivity contribution in [3.05, 3.63) is 0 Å². The second kappa shape index (κ2) is 28.7. The molecular formula is C21H41AlO9. The fraction of sp³-hybridized carbons (Fsp3) is 0.810. The van der Waals surface area contributed by atoms with Crippen molar-refractivity contribution in [2.24, 2.45) is 11.8 Å². The molecule has 182 valence electrons. The van der Waals surface area contributed by atoms with Gasteiger partial charge in [-0.05, 0) is 26.7 Å². The third-order valence-electron chi connectivity index (χ3n) is 2.39. The number of aliphatic carboxylic acids is 2. The summed E-state index contributed by atoms with van der Waals surface area (Å²) in [5, 5.41) is 45.2. The summed E-state index contributed by atoms with van der Waals surface area (Å²) in [7, 11) is 0. The number of hydrogen-bond donors (Lipinski definition) is 2. The average molecular weight is 465 g/mol. The number of ketones is 2. The SMILES string of the molecule is CC(C)[O-].CC(C)[O-].CC(C)[O-].CCC(C(C)=O)C(=O)O.CCC(C(C)=O)C(=O)O.[Al+3]. The van der Waals surface area contributed by atoms with E-state index in [1.165, 1.54) is 13.8 Å². The molecule has 0 spiro atoms. The van der Waals surface area contributed by atoms with Gasteiger partial charge < -0.3 is 25.5 Å². The first-order chi connectivity index (χ1) is 13.4. The van der Waals surface area contributed by atoms with E-state index in [1.807, 2.05) is 0 Å². The molecule has 2 N–H and O–H groups in total. The van der Waals surface area contributed by atoms with E-state index < -0.39 is 42.1 Å². The summed E-state index contributed by atoms with van der Waals surface area (Å²) >= 11 is 0. The maximum absolute atomic E-state index is 10.4. The molecule has 10 heteroatoms. The smallest absolute Gasteiger partial charge is 0.852 e. The van der Waals surface area contributed by atoms with Gasteiger partial charge in [-0.1, -0.05) is 55.4 Å². The number of carboxylic acid groups (broad SMARTS) is 2. The normalized spacial score (nSPS) is 10.8. The zero-order valence-corrected chi connectivity index (χ0v) is 21.8. The van der Waals surface area contributed by atoms with E-state index >= 15 is 0 Å². The van der Waals surface area contributed by atoms with Crippen LogP contribution in [0.15, 0.2) is 0 Å². The predicted octanol–water partition coefficient (Wildman–Crippen LogP) is 0.257. The number of rotatable bonds is 6. The summed E-state index contributed by atoms with van der Waals surface area (Å²) in [5.74, 6) is -4.19. The summed E-state index contributed by atoms with van der Waals surface area (Å²) < 4.78 is 0. The zero-order chi connectivity index (χ0) is 25.6. The van der Waals surface area contributed by atoms with Crippen molar-refractivity contribution < 1.29 is 44.7 Å². The fourth-order valence-corrected chi connectivity index (χ4v) is 1.27. The summed E-state index contributed by atoms with van der Waals surface area (Å²) in [4.78, 5) is 41.2. The first-order valence-electron chi connectivity index (χ1n) is 9.82. The predicted molar refractivity (Wildman–Crippen MR) is 115 cm³/mol. The fourth-order valence-electron chi connectivity index (χ4n) is 1.27. The van der Waals surface area contributed by atoms with Crippen molar-refractivity contribution in [2.45, 2.75) is 100 Å². The van der Waals surface area contributed by atoms with Gasteiger partial charge in [0.05, 0.1) is 0 Å². The molecule has 0 heterocycles. The Labute approximate surface area is 198 Å². The van der Waals surface area contributed by atoms with Gasteiger partial charge in [-0.25, -0.2) is 0 Å². The monoisotopic (exact) mass is 464 g/mol. The summed E-state index contributed by atoms with van der Waals surface area (Å²) in [6, 6.07) is 0. The molecule has 2 unspecified atom stereocenters. The van der Waals surface area contributed by atoms with E-state index in [9.17, 15) is 34.5 Å². The Hall–Kier alpha value is -1.31. The molecule has 0 saturated carbocycles. The van der Waals surface area contributed by atoms with Crippen LogP contribution in [0, 0.1) is 11.8 Å². The minimum atomic E-state index is -1.02. The number of carboxylic acids is 2. The van der Waals surface area contributed by atoms with Crippen LogP contribution in [0.25, 0.3) is 0 Å². The number of hydrogen-bond acceptors (Lipinski definition) is 7. The van der Waals surface area contributed by atoms with Crippen LogP contribution in [0.1, 0.15) is 82.1 Å². The van der Waals surface area contributed by atoms with Crippen LogP contribution in [0.2, 0.25) is 0 Å². The molecule has 0 aliphatic rings. The molecule has 0 saturated heterocycles. The van der Waals surface area contributed by atoms with Crippen molar-refractivity contribution in [3.8, 4) is 0 Å². The molecule has 0 aromatic rings. The van der Waals surface area contributed by atoms with Crippen LogP contribution >= 0.6 is 0 Å². The number of carbonyl (C=O) groups is 4. The van der Waals surface area contributed by atoms with Gasteiger partial charge in [-0.15, -0.1) is 18.3 Å². The van der Waals surface area contributed by atoms with Gasteiger partial charge in [0.25, 0.3) is 0 Å². The van der Waals surface area contributed by atoms with E-state index in [0.717, 1.165) is 0 Å². The van der Waals surface area contributed by atoms with Crippen LogP contribution < -0.4 is 15.3 Å². The van der Waals surface area contributed by atoms with Crippen molar-refractivity contribution in [2.75, 3.05) is 0 Å². The number of Topliss-reactive ketones (excluding diaryl/α,β-unsaturated/α-hetero) is 2. The minimum Gasteiger partial charge on any atom is -0.852 e. The largest absolute Gasteiger partial charge is 3.00 e. The quantitative estimate of drug-likeness (QED) is 0.412.